The van der Waals surface area contributed by atoms with Crippen molar-refractivity contribution in [1.29, 1.82) is 0 Å². The Morgan fingerprint density at radius 1 is 1.50 bits per heavy atom. The predicted octanol–water partition coefficient (Wildman–Crippen LogP) is 1.75. The molecule has 0 unspecified atom stereocenters. The topological polar surface area (TPSA) is 55.6 Å². The van der Waals surface area contributed by atoms with Crippen molar-refractivity contribution in [1.82, 2.24) is 4.90 Å². The molecule has 0 spiro atoms. The maximum absolute atomic E-state index is 12.9. The molecule has 1 amide bonds. The molecule has 1 saturated heterocycles. The van der Waals surface area contributed by atoms with Gasteiger partial charge in [0.1, 0.15) is 5.82 Å². The first-order chi connectivity index (χ1) is 7.66. The van der Waals surface area contributed by atoms with Crippen LogP contribution in [0.3, 0.4) is 0 Å². The van der Waals surface area contributed by atoms with Gasteiger partial charge in [0.2, 0.25) is 0 Å². The van der Waals surface area contributed by atoms with E-state index >= 15 is 0 Å². The Balaban J connectivity index is 2.08. The minimum Gasteiger partial charge on any atom is -0.449 e. The molecule has 1 fully saturated rings. The Bertz CT molecular complexity index is 409. The van der Waals surface area contributed by atoms with E-state index in [-0.39, 0.29) is 11.8 Å². The molecule has 0 saturated carbocycles. The minimum absolute atomic E-state index is 0.0999. The molecule has 1 aromatic rings. The summed E-state index contributed by atoms with van der Waals surface area (Å²) in [5, 5.41) is 0. The van der Waals surface area contributed by atoms with Crippen LogP contribution in [-0.4, -0.2) is 24.1 Å². The van der Waals surface area contributed by atoms with E-state index in [4.69, 9.17) is 10.5 Å². The third kappa shape index (κ3) is 2.24. The standard InChI is InChI=1S/C11H13FN2O2/c12-9-3-2-8(6-10(9)13)7-14-4-1-5-16-11(14)15/h2-3,6H,1,4-5,7,13H2. The number of nitrogen functional groups attached to an aromatic ring is 1. The molecule has 2 N–H and O–H groups in total. The predicted molar refractivity (Wildman–Crippen MR) is 57.2 cm³/mol. The number of halogens is 1. The second-order valence-corrected chi connectivity index (χ2v) is 3.75. The van der Waals surface area contributed by atoms with Crippen LogP contribution in [0.4, 0.5) is 14.9 Å². The van der Waals surface area contributed by atoms with E-state index in [9.17, 15) is 9.18 Å². The van der Waals surface area contributed by atoms with E-state index in [0.29, 0.717) is 19.7 Å². The number of amides is 1. The normalized spacial score (nSPS) is 16.1. The van der Waals surface area contributed by atoms with Gasteiger partial charge >= 0.3 is 6.09 Å². The Hall–Kier alpha value is -1.78. The summed E-state index contributed by atoms with van der Waals surface area (Å²) in [7, 11) is 0. The fourth-order valence-corrected chi connectivity index (χ4v) is 1.65. The molecular formula is C11H13FN2O2. The molecule has 86 valence electrons. The van der Waals surface area contributed by atoms with E-state index in [2.05, 4.69) is 0 Å². The number of carbonyl (C=O) groups excluding carboxylic acids is 1. The van der Waals surface area contributed by atoms with Crippen molar-refractivity contribution in [3.05, 3.63) is 29.6 Å². The lowest BCUT2D eigenvalue weighted by Crippen LogP contribution is -2.37. The third-order valence-electron chi connectivity index (χ3n) is 2.49. The summed E-state index contributed by atoms with van der Waals surface area (Å²) in [6.07, 6.45) is 0.497. The summed E-state index contributed by atoms with van der Waals surface area (Å²) in [5.74, 6) is -0.440. The Morgan fingerprint density at radius 3 is 3.00 bits per heavy atom. The molecule has 1 heterocycles. The summed E-state index contributed by atoms with van der Waals surface area (Å²) in [5.41, 5.74) is 6.35. The maximum atomic E-state index is 12.9. The lowest BCUT2D eigenvalue weighted by Gasteiger charge is -2.26. The van der Waals surface area contributed by atoms with Crippen LogP contribution in [-0.2, 0) is 11.3 Å². The molecule has 2 rings (SSSR count). The highest BCUT2D eigenvalue weighted by molar-refractivity contribution is 5.68. The summed E-state index contributed by atoms with van der Waals surface area (Å²) < 4.78 is 17.8. The number of carbonyl (C=O) groups is 1. The van der Waals surface area contributed by atoms with Crippen LogP contribution in [0.25, 0.3) is 0 Å². The van der Waals surface area contributed by atoms with Crippen molar-refractivity contribution in [2.75, 3.05) is 18.9 Å². The SMILES string of the molecule is Nc1cc(CN2CCCOC2=O)ccc1F. The third-order valence-corrected chi connectivity index (χ3v) is 2.49. The van der Waals surface area contributed by atoms with E-state index in [1.807, 2.05) is 0 Å². The van der Waals surface area contributed by atoms with Gasteiger partial charge in [-0.1, -0.05) is 6.07 Å². The monoisotopic (exact) mass is 224 g/mol. The van der Waals surface area contributed by atoms with Gasteiger partial charge in [-0.15, -0.1) is 0 Å². The number of cyclic esters (lactones) is 1. The van der Waals surface area contributed by atoms with Crippen molar-refractivity contribution < 1.29 is 13.9 Å². The van der Waals surface area contributed by atoms with Crippen molar-refractivity contribution in [2.45, 2.75) is 13.0 Å². The number of nitrogens with zero attached hydrogens (tertiary/aromatic N) is 1. The molecule has 16 heavy (non-hydrogen) atoms. The molecule has 0 bridgehead atoms. The highest BCUT2D eigenvalue weighted by atomic mass is 19.1. The van der Waals surface area contributed by atoms with Gasteiger partial charge in [-0.05, 0) is 24.1 Å². The zero-order chi connectivity index (χ0) is 11.5. The fraction of sp³-hybridized carbons (Fsp3) is 0.364. The van der Waals surface area contributed by atoms with Crippen molar-refractivity contribution in [3.63, 3.8) is 0 Å². The number of benzene rings is 1. The average Bonchev–Trinajstić information content (AvgIpc) is 2.27. The van der Waals surface area contributed by atoms with Crippen LogP contribution in [0, 0.1) is 5.82 Å². The zero-order valence-corrected chi connectivity index (χ0v) is 8.78. The van der Waals surface area contributed by atoms with Crippen LogP contribution < -0.4 is 5.73 Å². The van der Waals surface area contributed by atoms with Gasteiger partial charge in [-0.3, -0.25) is 0 Å². The van der Waals surface area contributed by atoms with Gasteiger partial charge in [-0.25, -0.2) is 9.18 Å². The summed E-state index contributed by atoms with van der Waals surface area (Å²) in [4.78, 5) is 12.9. The Labute approximate surface area is 92.8 Å². The molecule has 1 aromatic carbocycles. The van der Waals surface area contributed by atoms with Gasteiger partial charge < -0.3 is 15.4 Å². The average molecular weight is 224 g/mol. The number of anilines is 1. The van der Waals surface area contributed by atoms with Gasteiger partial charge in [0.25, 0.3) is 0 Å². The second kappa shape index (κ2) is 4.38. The van der Waals surface area contributed by atoms with Crippen LogP contribution in [0.2, 0.25) is 0 Å². The quantitative estimate of drug-likeness (QED) is 0.778. The van der Waals surface area contributed by atoms with Gasteiger partial charge in [0.05, 0.1) is 12.3 Å². The number of nitrogens with two attached hydrogens (primary N) is 1. The number of hydrogen-bond donors (Lipinski definition) is 1. The Morgan fingerprint density at radius 2 is 2.31 bits per heavy atom. The second-order valence-electron chi connectivity index (χ2n) is 3.75. The zero-order valence-electron chi connectivity index (χ0n) is 8.78. The molecule has 4 nitrogen and oxygen atoms in total. The Kier molecular flexibility index (Phi) is 2.94. The molecule has 1 aliphatic heterocycles. The first kappa shape index (κ1) is 10.7. The van der Waals surface area contributed by atoms with Crippen molar-refractivity contribution >= 4 is 11.8 Å². The van der Waals surface area contributed by atoms with Crippen LogP contribution in [0.5, 0.6) is 0 Å². The lowest BCUT2D eigenvalue weighted by molar-refractivity contribution is 0.0700. The van der Waals surface area contributed by atoms with Crippen LogP contribution >= 0.6 is 0 Å². The summed E-state index contributed by atoms with van der Waals surface area (Å²) in [6, 6.07) is 4.46. The summed E-state index contributed by atoms with van der Waals surface area (Å²) >= 11 is 0. The fourth-order valence-electron chi connectivity index (χ4n) is 1.65. The number of ether oxygens (including phenoxy) is 1. The first-order valence-electron chi connectivity index (χ1n) is 5.12. The van der Waals surface area contributed by atoms with Gasteiger partial charge in [-0.2, -0.15) is 0 Å². The molecule has 0 aromatic heterocycles. The van der Waals surface area contributed by atoms with Gasteiger partial charge in [0.15, 0.2) is 0 Å². The molecule has 1 aliphatic rings. The maximum Gasteiger partial charge on any atom is 0.410 e. The molecular weight excluding hydrogens is 211 g/mol. The van der Waals surface area contributed by atoms with E-state index in [0.717, 1.165) is 12.0 Å². The van der Waals surface area contributed by atoms with Gasteiger partial charge in [0, 0.05) is 13.1 Å². The van der Waals surface area contributed by atoms with Crippen molar-refractivity contribution in [2.24, 2.45) is 0 Å². The highest BCUT2D eigenvalue weighted by Crippen LogP contribution is 2.15. The van der Waals surface area contributed by atoms with Crippen LogP contribution in [0.1, 0.15) is 12.0 Å². The molecule has 0 atom stereocenters. The minimum atomic E-state index is -0.440. The number of rotatable bonds is 2. The first-order valence-corrected chi connectivity index (χ1v) is 5.12. The van der Waals surface area contributed by atoms with E-state index < -0.39 is 5.82 Å². The van der Waals surface area contributed by atoms with Crippen LogP contribution in [0.15, 0.2) is 18.2 Å². The van der Waals surface area contributed by atoms with E-state index in [1.54, 1.807) is 11.0 Å². The molecule has 5 heteroatoms. The molecule has 0 radical (unpaired) electrons. The lowest BCUT2D eigenvalue weighted by atomic mass is 10.2. The smallest absolute Gasteiger partial charge is 0.410 e. The van der Waals surface area contributed by atoms with Crippen molar-refractivity contribution in [3.8, 4) is 0 Å². The molecule has 0 aliphatic carbocycles. The number of hydrogen-bond acceptors (Lipinski definition) is 3. The highest BCUT2D eigenvalue weighted by Gasteiger charge is 2.19. The largest absolute Gasteiger partial charge is 0.449 e. The van der Waals surface area contributed by atoms with E-state index in [1.165, 1.54) is 12.1 Å². The summed E-state index contributed by atoms with van der Waals surface area (Å²) in [6.45, 7) is 1.54.